The predicted molar refractivity (Wildman–Crippen MR) is 133 cm³/mol. The number of nitrogens with one attached hydrogen (secondary N) is 1. The van der Waals surface area contributed by atoms with Crippen molar-refractivity contribution in [3.63, 3.8) is 0 Å². The van der Waals surface area contributed by atoms with E-state index in [1.165, 1.54) is 50.5 Å². The number of aldehydes is 1. The third kappa shape index (κ3) is 2.61. The smallest absolute Gasteiger partial charge is 0.150 e. The molecule has 3 aliphatic heterocycles. The summed E-state index contributed by atoms with van der Waals surface area (Å²) in [6, 6.07) is 9.28. The Bertz CT molecular complexity index is 1040. The molecule has 4 saturated carbocycles. The molecule has 3 heterocycles. The van der Waals surface area contributed by atoms with E-state index in [9.17, 15) is 15.0 Å². The number of aliphatic hydroxyl groups is 2. The van der Waals surface area contributed by atoms with Crippen LogP contribution in [0.4, 0.5) is 0 Å². The minimum atomic E-state index is -0.659. The summed E-state index contributed by atoms with van der Waals surface area (Å²) in [6.45, 7) is 3.12. The molecule has 5 nitrogen and oxygen atoms in total. The molecule has 0 aromatic heterocycles. The highest BCUT2D eigenvalue weighted by molar-refractivity contribution is 5.74. The molecule has 0 radical (unpaired) electrons. The molecule has 35 heavy (non-hydrogen) atoms. The second-order valence-corrected chi connectivity index (χ2v) is 13.5. The zero-order chi connectivity index (χ0) is 23.7. The minimum absolute atomic E-state index is 0.0921. The summed E-state index contributed by atoms with van der Waals surface area (Å²) in [6.07, 6.45) is 10.7. The zero-order valence-corrected chi connectivity index (χ0v) is 20.9. The van der Waals surface area contributed by atoms with Crippen molar-refractivity contribution in [2.75, 3.05) is 6.54 Å². The van der Waals surface area contributed by atoms with Gasteiger partial charge < -0.3 is 15.5 Å². The van der Waals surface area contributed by atoms with Crippen LogP contribution in [0.5, 0.6) is 0 Å². The molecule has 8 rings (SSSR count). The summed E-state index contributed by atoms with van der Waals surface area (Å²) in [5.74, 6) is 3.80. The first-order chi connectivity index (χ1) is 17.0. The monoisotopic (exact) mass is 476 g/mol. The van der Waals surface area contributed by atoms with Gasteiger partial charge in [0.2, 0.25) is 0 Å². The molecular weight excluding hydrogens is 436 g/mol. The van der Waals surface area contributed by atoms with Gasteiger partial charge in [-0.3, -0.25) is 9.69 Å². The van der Waals surface area contributed by atoms with Crippen molar-refractivity contribution >= 4 is 6.29 Å². The van der Waals surface area contributed by atoms with Gasteiger partial charge in [0.05, 0.1) is 6.10 Å². The summed E-state index contributed by atoms with van der Waals surface area (Å²) in [7, 11) is 0. The van der Waals surface area contributed by atoms with Crippen molar-refractivity contribution in [3.05, 3.63) is 35.4 Å². The van der Waals surface area contributed by atoms with Crippen molar-refractivity contribution in [2.45, 2.75) is 94.2 Å². The van der Waals surface area contributed by atoms with Gasteiger partial charge in [-0.2, -0.15) is 0 Å². The predicted octanol–water partition coefficient (Wildman–Crippen LogP) is 3.55. The number of carbonyl (C=O) groups is 1. The normalized spacial score (nSPS) is 55.8. The first kappa shape index (κ1) is 21.8. The van der Waals surface area contributed by atoms with Crippen LogP contribution in [0, 0.1) is 40.9 Å². The fourth-order valence-electron chi connectivity index (χ4n) is 11.5. The van der Waals surface area contributed by atoms with E-state index in [2.05, 4.69) is 29.3 Å². The second kappa shape index (κ2) is 7.18. The van der Waals surface area contributed by atoms with Crippen molar-refractivity contribution in [2.24, 2.45) is 40.9 Å². The minimum Gasteiger partial charge on any atom is -0.392 e. The molecule has 4 aliphatic carbocycles. The van der Waals surface area contributed by atoms with E-state index in [1.807, 2.05) is 12.1 Å². The SMILES string of the molecule is CC(c1ccc(C=O)cc1)C1C2CCC3C4CCC5CCCC56C(O)CC4C6NC3C2C2(O)CN12. The van der Waals surface area contributed by atoms with E-state index in [0.717, 1.165) is 30.7 Å². The van der Waals surface area contributed by atoms with Crippen LogP contribution in [0.2, 0.25) is 0 Å². The van der Waals surface area contributed by atoms with Gasteiger partial charge in [0.25, 0.3) is 0 Å². The summed E-state index contributed by atoms with van der Waals surface area (Å²) in [4.78, 5) is 13.6. The second-order valence-electron chi connectivity index (χ2n) is 13.5. The summed E-state index contributed by atoms with van der Waals surface area (Å²) < 4.78 is 0. The number of carbonyl (C=O) groups excluding carboxylic acids is 1. The van der Waals surface area contributed by atoms with Crippen molar-refractivity contribution in [1.29, 1.82) is 0 Å². The number of aliphatic hydroxyl groups excluding tert-OH is 1. The van der Waals surface area contributed by atoms with Crippen molar-refractivity contribution in [3.8, 4) is 0 Å². The Labute approximate surface area is 208 Å². The van der Waals surface area contributed by atoms with Crippen molar-refractivity contribution in [1.82, 2.24) is 10.2 Å². The molecular formula is C30H40N2O3. The molecule has 1 aromatic carbocycles. The average Bonchev–Trinajstić information content (AvgIpc) is 3.15. The lowest BCUT2D eigenvalue weighted by atomic mass is 9.57. The van der Waals surface area contributed by atoms with Crippen LogP contribution < -0.4 is 5.32 Å². The first-order valence-corrected chi connectivity index (χ1v) is 14.5. The molecule has 188 valence electrons. The Morgan fingerprint density at radius 1 is 1.06 bits per heavy atom. The lowest BCUT2D eigenvalue weighted by Gasteiger charge is -2.55. The summed E-state index contributed by atoms with van der Waals surface area (Å²) in [5, 5.41) is 27.6. The Kier molecular flexibility index (Phi) is 4.47. The molecule has 1 spiro atoms. The van der Waals surface area contributed by atoms with Crippen LogP contribution in [-0.2, 0) is 0 Å². The maximum Gasteiger partial charge on any atom is 0.150 e. The number of nitrogens with zero attached hydrogens (tertiary/aromatic N) is 1. The van der Waals surface area contributed by atoms with Gasteiger partial charge >= 0.3 is 0 Å². The fraction of sp³-hybridized carbons (Fsp3) is 0.767. The topological polar surface area (TPSA) is 72.6 Å². The highest BCUT2D eigenvalue weighted by Crippen LogP contribution is 2.68. The Hall–Kier alpha value is -1.27. The Morgan fingerprint density at radius 3 is 2.63 bits per heavy atom. The van der Waals surface area contributed by atoms with Gasteiger partial charge in [-0.25, -0.2) is 0 Å². The molecule has 14 unspecified atom stereocenters. The third-order valence-corrected chi connectivity index (χ3v) is 12.7. The molecule has 0 amide bonds. The lowest BCUT2D eigenvalue weighted by molar-refractivity contribution is -0.0570. The van der Waals surface area contributed by atoms with E-state index >= 15 is 0 Å². The first-order valence-electron chi connectivity index (χ1n) is 14.5. The fourth-order valence-corrected chi connectivity index (χ4v) is 11.5. The maximum absolute atomic E-state index is 12.0. The Balaban J connectivity index is 1.14. The van der Waals surface area contributed by atoms with Gasteiger partial charge in [-0.1, -0.05) is 37.6 Å². The van der Waals surface area contributed by atoms with Gasteiger partial charge in [-0.05, 0) is 86.0 Å². The van der Waals surface area contributed by atoms with E-state index in [1.54, 1.807) is 0 Å². The van der Waals surface area contributed by atoms with E-state index in [-0.39, 0.29) is 11.5 Å². The number of piperidine rings is 2. The van der Waals surface area contributed by atoms with Crippen LogP contribution >= 0.6 is 0 Å². The molecule has 7 fully saturated rings. The number of rotatable bonds is 3. The summed E-state index contributed by atoms with van der Waals surface area (Å²) in [5.41, 5.74) is 1.43. The molecule has 4 bridgehead atoms. The molecule has 5 heteroatoms. The maximum atomic E-state index is 12.0. The lowest BCUT2D eigenvalue weighted by Crippen LogP contribution is -2.65. The Morgan fingerprint density at radius 2 is 1.83 bits per heavy atom. The van der Waals surface area contributed by atoms with Gasteiger partial charge in [0, 0.05) is 41.6 Å². The van der Waals surface area contributed by atoms with Crippen LogP contribution in [0.1, 0.15) is 80.1 Å². The number of hydrogen-bond donors (Lipinski definition) is 3. The van der Waals surface area contributed by atoms with Crippen LogP contribution in [-0.4, -0.2) is 57.9 Å². The van der Waals surface area contributed by atoms with E-state index < -0.39 is 5.72 Å². The quantitative estimate of drug-likeness (QED) is 0.460. The van der Waals surface area contributed by atoms with Crippen molar-refractivity contribution < 1.29 is 15.0 Å². The highest BCUT2D eigenvalue weighted by atomic mass is 16.3. The summed E-state index contributed by atoms with van der Waals surface area (Å²) >= 11 is 0. The standard InChI is InChI=1S/C30H40N2O3/c1-16(18-6-4-17(14-33)5-7-18)27-22-11-10-21-20-9-8-19-3-2-12-29(19)24(34)13-23(20)28(29)31-26(21)25(22)30(35)15-32(27)30/h4-7,14,16,19-28,31,34-35H,2-3,8-13,15H2,1H3. The average molecular weight is 477 g/mol. The number of hydrogen-bond acceptors (Lipinski definition) is 5. The molecule has 3 N–H and O–H groups in total. The van der Waals surface area contributed by atoms with E-state index in [0.29, 0.717) is 53.6 Å². The molecule has 7 aliphatic rings. The number of fused-ring (bicyclic) bond motifs is 6. The molecule has 3 saturated heterocycles. The molecule has 1 aromatic rings. The molecule has 14 atom stereocenters. The van der Waals surface area contributed by atoms with Crippen LogP contribution in [0.25, 0.3) is 0 Å². The zero-order valence-electron chi connectivity index (χ0n) is 20.9. The third-order valence-electron chi connectivity index (χ3n) is 12.7. The number of benzene rings is 1. The highest BCUT2D eigenvalue weighted by Gasteiger charge is 2.75. The van der Waals surface area contributed by atoms with Gasteiger partial charge in [0.1, 0.15) is 12.0 Å². The van der Waals surface area contributed by atoms with E-state index in [4.69, 9.17) is 0 Å². The van der Waals surface area contributed by atoms with Crippen LogP contribution in [0.3, 0.4) is 0 Å². The van der Waals surface area contributed by atoms with Gasteiger partial charge in [0.15, 0.2) is 0 Å². The van der Waals surface area contributed by atoms with Crippen LogP contribution in [0.15, 0.2) is 24.3 Å². The largest absolute Gasteiger partial charge is 0.392 e. The van der Waals surface area contributed by atoms with Gasteiger partial charge in [-0.15, -0.1) is 0 Å².